The summed E-state index contributed by atoms with van der Waals surface area (Å²) in [6, 6.07) is 6.63. The van der Waals surface area contributed by atoms with Gasteiger partial charge in [0.15, 0.2) is 15.6 Å². The lowest BCUT2D eigenvalue weighted by molar-refractivity contribution is -0.154. The van der Waals surface area contributed by atoms with Crippen molar-refractivity contribution < 1.29 is 37.6 Å². The minimum Gasteiger partial charge on any atom is -0.463 e. The molecular formula is C20H25ClO8S. The van der Waals surface area contributed by atoms with Gasteiger partial charge >= 0.3 is 5.97 Å². The van der Waals surface area contributed by atoms with E-state index >= 15 is 0 Å². The predicted molar refractivity (Wildman–Crippen MR) is 108 cm³/mol. The van der Waals surface area contributed by atoms with Crippen LogP contribution in [0.2, 0.25) is 5.02 Å². The molecule has 166 valence electrons. The number of aliphatic hydroxyl groups excluding tert-OH is 2. The molecule has 1 heterocycles. The number of halogens is 1. The molecule has 1 saturated heterocycles. The van der Waals surface area contributed by atoms with E-state index in [1.807, 2.05) is 0 Å². The molecule has 1 aliphatic carbocycles. The van der Waals surface area contributed by atoms with Gasteiger partial charge in [-0.05, 0) is 31.1 Å². The van der Waals surface area contributed by atoms with Gasteiger partial charge in [-0.3, -0.25) is 0 Å². The van der Waals surface area contributed by atoms with Crippen LogP contribution >= 0.6 is 11.6 Å². The minimum atomic E-state index is -3.82. The average Bonchev–Trinajstić information content (AvgIpc) is 3.06. The highest BCUT2D eigenvalue weighted by Gasteiger charge is 2.51. The Morgan fingerprint density at radius 2 is 1.87 bits per heavy atom. The molecule has 0 radical (unpaired) electrons. The van der Waals surface area contributed by atoms with Crippen molar-refractivity contribution in [1.29, 1.82) is 0 Å². The number of esters is 1. The Bertz CT molecular complexity index is 901. The van der Waals surface area contributed by atoms with Gasteiger partial charge in [0.1, 0.15) is 12.2 Å². The highest BCUT2D eigenvalue weighted by atomic mass is 35.5. The highest BCUT2D eigenvalue weighted by Crippen LogP contribution is 2.41. The summed E-state index contributed by atoms with van der Waals surface area (Å²) in [5, 5.41) is 18.2. The molecule has 0 bridgehead atoms. The summed E-state index contributed by atoms with van der Waals surface area (Å²) in [4.78, 5) is 12.6. The number of hydrogen-bond acceptors (Lipinski definition) is 8. The summed E-state index contributed by atoms with van der Waals surface area (Å²) in [6.45, 7) is 0.921. The molecule has 10 heteroatoms. The Kier molecular flexibility index (Phi) is 7.21. The van der Waals surface area contributed by atoms with Crippen molar-refractivity contribution in [2.75, 3.05) is 19.8 Å². The number of benzene rings is 1. The molecule has 1 spiro atoms. The third kappa shape index (κ3) is 4.71. The Hall–Kier alpha value is -1.49. The molecule has 2 N–H and O–H groups in total. The van der Waals surface area contributed by atoms with Crippen molar-refractivity contribution in [3.63, 3.8) is 0 Å². The van der Waals surface area contributed by atoms with Crippen molar-refractivity contribution in [2.45, 2.75) is 48.8 Å². The molecule has 3 rings (SSSR count). The maximum Gasteiger partial charge on any atom is 0.335 e. The summed E-state index contributed by atoms with van der Waals surface area (Å²) >= 11 is 6.12. The second-order valence-corrected chi connectivity index (χ2v) is 9.83. The van der Waals surface area contributed by atoms with E-state index in [0.29, 0.717) is 10.6 Å². The topological polar surface area (TPSA) is 119 Å². The molecule has 1 aromatic carbocycles. The molecular weight excluding hydrogens is 436 g/mol. The van der Waals surface area contributed by atoms with Crippen molar-refractivity contribution >= 4 is 27.4 Å². The normalized spacial score (nSPS) is 25.9. The van der Waals surface area contributed by atoms with Gasteiger partial charge in [0.05, 0.1) is 36.4 Å². The fourth-order valence-electron chi connectivity index (χ4n) is 3.79. The third-order valence-corrected chi connectivity index (χ3v) is 7.65. The molecule has 0 amide bonds. The van der Waals surface area contributed by atoms with E-state index in [9.17, 15) is 23.4 Å². The van der Waals surface area contributed by atoms with Crippen LogP contribution in [0, 0.1) is 0 Å². The van der Waals surface area contributed by atoms with Crippen molar-refractivity contribution in [2.24, 2.45) is 0 Å². The van der Waals surface area contributed by atoms with Crippen LogP contribution in [0.25, 0.3) is 0 Å². The Morgan fingerprint density at radius 3 is 2.43 bits per heavy atom. The molecule has 1 fully saturated rings. The summed E-state index contributed by atoms with van der Waals surface area (Å²) in [6.07, 6.45) is -0.0676. The molecule has 1 aromatic rings. The fraction of sp³-hybridized carbons (Fsp3) is 0.550. The van der Waals surface area contributed by atoms with E-state index in [0.717, 1.165) is 0 Å². The van der Waals surface area contributed by atoms with E-state index in [4.69, 9.17) is 25.8 Å². The van der Waals surface area contributed by atoms with Gasteiger partial charge in [-0.2, -0.15) is 0 Å². The highest BCUT2D eigenvalue weighted by molar-refractivity contribution is 7.91. The molecule has 0 saturated carbocycles. The van der Waals surface area contributed by atoms with E-state index in [2.05, 4.69) is 0 Å². The van der Waals surface area contributed by atoms with Crippen LogP contribution < -0.4 is 0 Å². The molecule has 30 heavy (non-hydrogen) atoms. The van der Waals surface area contributed by atoms with Crippen LogP contribution in [0.1, 0.15) is 25.3 Å². The number of carbonyl (C=O) groups excluding carboxylic acids is 1. The smallest absolute Gasteiger partial charge is 0.335 e. The Labute approximate surface area is 180 Å². The lowest BCUT2D eigenvalue weighted by Crippen LogP contribution is -2.41. The fourth-order valence-corrected chi connectivity index (χ4v) is 5.98. The van der Waals surface area contributed by atoms with Gasteiger partial charge in [-0.15, -0.1) is 0 Å². The number of aliphatic hydroxyl groups is 2. The summed E-state index contributed by atoms with van der Waals surface area (Å²) in [5.41, 5.74) is 0.363. The van der Waals surface area contributed by atoms with E-state index in [1.54, 1.807) is 31.2 Å². The van der Waals surface area contributed by atoms with Crippen LogP contribution in [-0.4, -0.2) is 67.7 Å². The van der Waals surface area contributed by atoms with Crippen molar-refractivity contribution in [3.8, 4) is 0 Å². The van der Waals surface area contributed by atoms with Crippen LogP contribution in [0.15, 0.2) is 35.9 Å². The zero-order valence-corrected chi connectivity index (χ0v) is 18.1. The van der Waals surface area contributed by atoms with Crippen LogP contribution in [0.5, 0.6) is 0 Å². The Balaban J connectivity index is 1.95. The predicted octanol–water partition coefficient (Wildman–Crippen LogP) is 1.37. The summed E-state index contributed by atoms with van der Waals surface area (Å²) in [5.74, 6) is -2.51. The van der Waals surface area contributed by atoms with Crippen molar-refractivity contribution in [3.05, 3.63) is 46.5 Å². The first kappa shape index (κ1) is 23.2. The number of sulfone groups is 1. The van der Waals surface area contributed by atoms with Crippen molar-refractivity contribution in [1.82, 2.24) is 0 Å². The first-order valence-corrected chi connectivity index (χ1v) is 11.8. The van der Waals surface area contributed by atoms with Gasteiger partial charge in [0, 0.05) is 11.4 Å². The molecule has 3 atom stereocenters. The number of rotatable bonds is 7. The molecule has 0 unspecified atom stereocenters. The molecule has 1 aliphatic heterocycles. The number of carbonyl (C=O) groups is 1. The second kappa shape index (κ2) is 9.33. The maximum atomic E-state index is 13.2. The summed E-state index contributed by atoms with van der Waals surface area (Å²) < 4.78 is 43.0. The van der Waals surface area contributed by atoms with Gasteiger partial charge < -0.3 is 24.4 Å². The molecule has 8 nitrogen and oxygen atoms in total. The zero-order chi connectivity index (χ0) is 21.9. The maximum absolute atomic E-state index is 13.2. The van der Waals surface area contributed by atoms with Crippen LogP contribution in [-0.2, 0) is 34.6 Å². The van der Waals surface area contributed by atoms with Gasteiger partial charge in [0.2, 0.25) is 0 Å². The monoisotopic (exact) mass is 460 g/mol. The van der Waals surface area contributed by atoms with E-state index in [-0.39, 0.29) is 44.0 Å². The van der Waals surface area contributed by atoms with Crippen LogP contribution in [0.3, 0.4) is 0 Å². The van der Waals surface area contributed by atoms with E-state index < -0.39 is 39.1 Å². The van der Waals surface area contributed by atoms with Crippen LogP contribution in [0.4, 0.5) is 0 Å². The number of ether oxygens (including phenoxy) is 3. The lowest BCUT2D eigenvalue weighted by Gasteiger charge is -2.33. The summed E-state index contributed by atoms with van der Waals surface area (Å²) in [7, 11) is -3.82. The number of hydrogen-bond donors (Lipinski definition) is 2. The molecule has 2 aliphatic rings. The minimum absolute atomic E-state index is 0.0493. The van der Waals surface area contributed by atoms with Gasteiger partial charge in [-0.25, -0.2) is 13.2 Å². The lowest BCUT2D eigenvalue weighted by atomic mass is 9.94. The SMILES string of the molecule is CCOC(=O)C1=CC2(CC[C@H]1S(=O)(=O)Cc1ccccc1Cl)O[C@H](CO)[C@@H](CO)O2. The Morgan fingerprint density at radius 1 is 1.23 bits per heavy atom. The van der Waals surface area contributed by atoms with Gasteiger partial charge in [-0.1, -0.05) is 29.8 Å². The zero-order valence-electron chi connectivity index (χ0n) is 16.5. The van der Waals surface area contributed by atoms with Gasteiger partial charge in [0.25, 0.3) is 0 Å². The molecule has 0 aromatic heterocycles. The largest absolute Gasteiger partial charge is 0.463 e. The quantitative estimate of drug-likeness (QED) is 0.585. The standard InChI is InChI=1S/C20H25ClO8S/c1-2-27-19(24)14-9-20(28-16(10-22)17(11-23)29-20)8-7-18(14)30(25,26)12-13-5-3-4-6-15(13)21/h3-6,9,16-18,22-23H,2,7-8,10-12H2,1H3/t16-,17-,18-/m1/s1. The first-order valence-electron chi connectivity index (χ1n) is 9.67. The average molecular weight is 461 g/mol. The third-order valence-electron chi connectivity index (χ3n) is 5.21. The second-order valence-electron chi connectivity index (χ2n) is 7.24. The first-order chi connectivity index (χ1) is 14.2. The van der Waals surface area contributed by atoms with E-state index in [1.165, 1.54) is 6.08 Å².